The van der Waals surface area contributed by atoms with Crippen molar-refractivity contribution >= 4 is 21.7 Å². The fraction of sp³-hybridized carbons (Fsp3) is 1.00. The average Bonchev–Trinajstić information content (AvgIpc) is 1.12. The molecule has 0 aliphatic carbocycles. The summed E-state index contributed by atoms with van der Waals surface area (Å²) in [5.41, 5.74) is 2.72. The second kappa shape index (κ2) is 4.34. The van der Waals surface area contributed by atoms with Crippen LogP contribution in [-0.4, -0.2) is 32.6 Å². The minimum Gasteiger partial charge on any atom is -0.303 e. The van der Waals surface area contributed by atoms with Crippen LogP contribution in [0.15, 0.2) is 0 Å². The predicted octanol–water partition coefficient (Wildman–Crippen LogP) is -0.818. The Kier molecular flexibility index (Phi) is 5.66. The van der Waals surface area contributed by atoms with Gasteiger partial charge in [-0.1, -0.05) is 0 Å². The molecule has 0 saturated heterocycles. The van der Waals surface area contributed by atoms with Crippen molar-refractivity contribution in [1.29, 1.82) is 0 Å². The molecule has 0 aromatic carbocycles. The number of hydrogen-bond donors (Lipinski definition) is 4. The van der Waals surface area contributed by atoms with Crippen LogP contribution in [-0.2, 0) is 8.30 Å². The molecule has 6 nitrogen and oxygen atoms in total. The van der Waals surface area contributed by atoms with Gasteiger partial charge in [0.25, 0.3) is 0 Å². The molecule has 0 bridgehead atoms. The number of phosphoric acid groups is 1. The van der Waals surface area contributed by atoms with E-state index < -0.39 is 21.7 Å². The summed E-state index contributed by atoms with van der Waals surface area (Å²) in [6.45, 7) is 0. The van der Waals surface area contributed by atoms with E-state index in [1.165, 1.54) is 11.4 Å². The number of rotatable bonds is 0. The fourth-order valence-electron chi connectivity index (χ4n) is 0. The number of hydrogen-bond acceptors (Lipinski definition) is 2. The molecule has 4 N–H and O–H groups in total. The Morgan fingerprint density at radius 1 is 1.20 bits per heavy atom. The maximum absolute atomic E-state index is 9.83. The van der Waals surface area contributed by atoms with E-state index >= 15 is 0 Å². The standard InChI is InChI=1S/C2H7AsO2.H3O4P/c1-3(2,4)5;1-5(2,3)4/h1-2H3,(H,4,5);(H3,1,2,3,4). The Balaban J connectivity index is 0. The normalized spacial score (nSPS) is 11.8. The largest absolute Gasteiger partial charge is 0.466 e. The Morgan fingerprint density at radius 3 is 1.20 bits per heavy atom. The van der Waals surface area contributed by atoms with Gasteiger partial charge in [0.1, 0.15) is 0 Å². The molecular weight excluding hydrogens is 226 g/mol. The fourth-order valence-corrected chi connectivity index (χ4v) is 0. The van der Waals surface area contributed by atoms with E-state index in [1.54, 1.807) is 0 Å². The van der Waals surface area contributed by atoms with Crippen LogP contribution < -0.4 is 0 Å². The summed E-state index contributed by atoms with van der Waals surface area (Å²) in [5, 5.41) is 0. The van der Waals surface area contributed by atoms with Gasteiger partial charge in [0.15, 0.2) is 0 Å². The zero-order chi connectivity index (χ0) is 9.00. The van der Waals surface area contributed by atoms with E-state index in [0.717, 1.165) is 0 Å². The van der Waals surface area contributed by atoms with Crippen molar-refractivity contribution in [3.8, 4) is 0 Å². The van der Waals surface area contributed by atoms with Crippen LogP contribution in [0.4, 0.5) is 0 Å². The van der Waals surface area contributed by atoms with E-state index in [0.29, 0.717) is 0 Å². The van der Waals surface area contributed by atoms with Gasteiger partial charge in [-0.25, -0.2) is 4.57 Å². The van der Waals surface area contributed by atoms with Gasteiger partial charge in [-0.15, -0.1) is 0 Å². The predicted molar refractivity (Wildman–Crippen MR) is 34.7 cm³/mol. The molecule has 0 aliphatic heterocycles. The molecule has 0 aliphatic rings. The van der Waals surface area contributed by atoms with Gasteiger partial charge >= 0.3 is 40.9 Å². The Labute approximate surface area is 60.8 Å². The zero-order valence-electron chi connectivity index (χ0n) is 5.50. The van der Waals surface area contributed by atoms with Crippen LogP contribution in [0, 0.1) is 0 Å². The molecule has 0 fully saturated rings. The zero-order valence-corrected chi connectivity index (χ0v) is 8.27. The molecule has 0 aromatic rings. The third-order valence-electron chi connectivity index (χ3n) is 0. The van der Waals surface area contributed by atoms with Gasteiger partial charge in [-0.3, -0.25) is 0 Å². The van der Waals surface area contributed by atoms with E-state index in [1.807, 2.05) is 0 Å². The maximum Gasteiger partial charge on any atom is 0.466 e. The molecule has 0 radical (unpaired) electrons. The molecule has 0 atom stereocenters. The quantitative estimate of drug-likeness (QED) is 0.322. The molecule has 0 amide bonds. The minimum absolute atomic E-state index is 1.36. The van der Waals surface area contributed by atoms with E-state index in [-0.39, 0.29) is 0 Å². The average molecular weight is 236 g/mol. The van der Waals surface area contributed by atoms with Crippen LogP contribution >= 0.6 is 7.82 Å². The summed E-state index contributed by atoms with van der Waals surface area (Å²) in [6, 6.07) is 0. The van der Waals surface area contributed by atoms with Crippen molar-refractivity contribution in [2.45, 2.75) is 11.4 Å². The van der Waals surface area contributed by atoms with E-state index in [9.17, 15) is 3.74 Å². The van der Waals surface area contributed by atoms with Gasteiger partial charge < -0.3 is 14.7 Å². The summed E-state index contributed by atoms with van der Waals surface area (Å²) >= 11 is -3.12. The smallest absolute Gasteiger partial charge is 0.303 e. The first-order valence-corrected chi connectivity index (χ1v) is 8.98. The van der Waals surface area contributed by atoms with Crippen molar-refractivity contribution < 1.29 is 27.1 Å². The van der Waals surface area contributed by atoms with Crippen LogP contribution in [0.3, 0.4) is 0 Å². The Hall–Kier alpha value is 0.428. The van der Waals surface area contributed by atoms with Gasteiger partial charge in [-0.05, 0) is 0 Å². The summed E-state index contributed by atoms with van der Waals surface area (Å²) in [5.74, 6) is 0. The molecule has 0 unspecified atom stereocenters. The summed E-state index contributed by atoms with van der Waals surface area (Å²) in [7, 11) is -4.64. The maximum atomic E-state index is 9.83. The third-order valence-corrected chi connectivity index (χ3v) is 0. The Morgan fingerprint density at radius 2 is 1.20 bits per heavy atom. The van der Waals surface area contributed by atoms with Crippen molar-refractivity contribution in [2.24, 2.45) is 0 Å². The second-order valence-corrected chi connectivity index (χ2v) is 8.26. The van der Waals surface area contributed by atoms with Crippen molar-refractivity contribution in [2.75, 3.05) is 0 Å². The van der Waals surface area contributed by atoms with Gasteiger partial charge in [0.2, 0.25) is 0 Å². The first-order valence-electron chi connectivity index (χ1n) is 2.06. The summed E-state index contributed by atoms with van der Waals surface area (Å²) in [6.07, 6.45) is 0. The third kappa shape index (κ3) is 2530. The molecule has 10 heavy (non-hydrogen) atoms. The summed E-state index contributed by atoms with van der Waals surface area (Å²) in [4.78, 5) is 21.6. The van der Waals surface area contributed by atoms with E-state index in [2.05, 4.69) is 0 Å². The molecular formula is C2H10AsO6P. The SMILES string of the molecule is C[As](C)(=O)O.O=P(O)(O)O. The van der Waals surface area contributed by atoms with Crippen molar-refractivity contribution in [3.05, 3.63) is 0 Å². The topological polar surface area (TPSA) is 115 Å². The van der Waals surface area contributed by atoms with Gasteiger partial charge in [-0.2, -0.15) is 0 Å². The summed E-state index contributed by atoms with van der Waals surface area (Å²) < 4.78 is 26.9. The van der Waals surface area contributed by atoms with Crippen molar-refractivity contribution in [1.82, 2.24) is 0 Å². The molecule has 0 heterocycles. The first-order chi connectivity index (χ1) is 4.00. The van der Waals surface area contributed by atoms with Gasteiger partial charge in [0, 0.05) is 0 Å². The monoisotopic (exact) mass is 236 g/mol. The molecule has 0 spiro atoms. The molecule has 0 saturated carbocycles. The van der Waals surface area contributed by atoms with Gasteiger partial charge in [0.05, 0.1) is 0 Å². The molecule has 8 heteroatoms. The molecule has 0 aromatic heterocycles. The van der Waals surface area contributed by atoms with Crippen LogP contribution in [0.25, 0.3) is 0 Å². The molecule has 0 rings (SSSR count). The van der Waals surface area contributed by atoms with Crippen LogP contribution in [0.2, 0.25) is 11.4 Å². The molecule has 64 valence electrons. The Bertz CT molecular complexity index is 128. The van der Waals surface area contributed by atoms with Crippen LogP contribution in [0.5, 0.6) is 0 Å². The van der Waals surface area contributed by atoms with Crippen molar-refractivity contribution in [3.63, 3.8) is 0 Å². The van der Waals surface area contributed by atoms with Crippen LogP contribution in [0.1, 0.15) is 0 Å². The first kappa shape index (κ1) is 13.0. The second-order valence-electron chi connectivity index (χ2n) is 1.81. The minimum atomic E-state index is -4.64. The van der Waals surface area contributed by atoms with E-state index in [4.69, 9.17) is 23.3 Å².